The normalized spacial score (nSPS) is 11.8. The fourth-order valence-electron chi connectivity index (χ4n) is 7.15. The molecule has 0 spiro atoms. The van der Waals surface area contributed by atoms with Crippen molar-refractivity contribution in [1.82, 2.24) is 0 Å². The summed E-state index contributed by atoms with van der Waals surface area (Å²) in [5.74, 6) is 0. The molecule has 0 N–H and O–H groups in total. The quantitative estimate of drug-likeness (QED) is 0.154. The molecule has 0 atom stereocenters. The Hall–Kier alpha value is -5.46. The highest BCUT2D eigenvalue weighted by Gasteiger charge is 2.20. The molecule has 0 fully saturated rings. The van der Waals surface area contributed by atoms with E-state index in [2.05, 4.69) is 158 Å². The molecule has 9 aromatic rings. The van der Waals surface area contributed by atoms with Gasteiger partial charge in [-0.3, -0.25) is 0 Å². The number of hydrogen-bond acceptors (Lipinski definition) is 0. The summed E-state index contributed by atoms with van der Waals surface area (Å²) in [4.78, 5) is 0. The van der Waals surface area contributed by atoms with E-state index in [9.17, 15) is 0 Å². The van der Waals surface area contributed by atoms with Crippen molar-refractivity contribution in [3.63, 3.8) is 0 Å². The van der Waals surface area contributed by atoms with Gasteiger partial charge < -0.3 is 0 Å². The maximum Gasteiger partial charge on any atom is -0.00139 e. The van der Waals surface area contributed by atoms with Crippen LogP contribution in [0.5, 0.6) is 0 Å². The second-order valence-electron chi connectivity index (χ2n) is 11.3. The Balaban J connectivity index is 1.47. The van der Waals surface area contributed by atoms with Gasteiger partial charge in [-0.15, -0.1) is 0 Å². The van der Waals surface area contributed by atoms with Crippen LogP contribution in [0.4, 0.5) is 0 Å². The molecule has 0 amide bonds. The average molecular weight is 531 g/mol. The van der Waals surface area contributed by atoms with Crippen molar-refractivity contribution >= 4 is 64.6 Å². The topological polar surface area (TPSA) is 0 Å². The molecule has 0 saturated carbocycles. The van der Waals surface area contributed by atoms with E-state index in [4.69, 9.17) is 0 Å². The lowest BCUT2D eigenvalue weighted by Crippen LogP contribution is -1.93. The summed E-state index contributed by atoms with van der Waals surface area (Å²) in [6.07, 6.45) is 0. The van der Waals surface area contributed by atoms with Crippen LogP contribution in [-0.4, -0.2) is 0 Å². The monoisotopic (exact) mass is 530 g/mol. The molecule has 0 nitrogen and oxygen atoms in total. The molecule has 0 radical (unpaired) electrons. The third-order valence-electron chi connectivity index (χ3n) is 9.01. The molecule has 0 aliphatic rings. The van der Waals surface area contributed by atoms with E-state index in [0.717, 1.165) is 0 Å². The fourth-order valence-corrected chi connectivity index (χ4v) is 7.15. The van der Waals surface area contributed by atoms with E-state index in [0.29, 0.717) is 0 Å². The Morgan fingerprint density at radius 2 is 0.762 bits per heavy atom. The van der Waals surface area contributed by atoms with Crippen LogP contribution in [0.25, 0.3) is 86.9 Å². The van der Waals surface area contributed by atoms with Gasteiger partial charge in [0.05, 0.1) is 0 Å². The summed E-state index contributed by atoms with van der Waals surface area (Å²) in [5, 5.41) is 15.4. The van der Waals surface area contributed by atoms with E-state index in [1.165, 1.54) is 86.9 Å². The highest BCUT2D eigenvalue weighted by molar-refractivity contribution is 6.29. The second kappa shape index (κ2) is 9.03. The Labute approximate surface area is 244 Å². The molecule has 0 aliphatic heterocycles. The summed E-state index contributed by atoms with van der Waals surface area (Å²) >= 11 is 0. The minimum Gasteiger partial charge on any atom is -0.0616 e. The lowest BCUT2D eigenvalue weighted by molar-refractivity contribution is 1.69. The maximum absolute atomic E-state index is 2.38. The van der Waals surface area contributed by atoms with E-state index >= 15 is 0 Å². The van der Waals surface area contributed by atoms with Gasteiger partial charge in [0, 0.05) is 0 Å². The van der Waals surface area contributed by atoms with Crippen molar-refractivity contribution in [2.24, 2.45) is 0 Å². The van der Waals surface area contributed by atoms with Gasteiger partial charge in [-0.1, -0.05) is 152 Å². The second-order valence-corrected chi connectivity index (χ2v) is 11.3. The van der Waals surface area contributed by atoms with Crippen LogP contribution in [0.3, 0.4) is 0 Å². The predicted molar refractivity (Wildman–Crippen MR) is 182 cm³/mol. The zero-order valence-electron chi connectivity index (χ0n) is 23.0. The standard InChI is InChI=1S/C42H26/c1-5-15-33-27(10-1)13-9-19-36(33)42-38-18-8-7-17-37(38)40(39-25-22-29-12-3-6-16-35(29)41(39)42)31-23-24-34-30(26-31)21-20-28-11-2-4-14-32(28)34/h1-26H. The van der Waals surface area contributed by atoms with Crippen LogP contribution >= 0.6 is 0 Å². The van der Waals surface area contributed by atoms with Crippen molar-refractivity contribution in [1.29, 1.82) is 0 Å². The van der Waals surface area contributed by atoms with Crippen molar-refractivity contribution in [2.45, 2.75) is 0 Å². The summed E-state index contributed by atoms with van der Waals surface area (Å²) in [6, 6.07) is 58.1. The van der Waals surface area contributed by atoms with Crippen molar-refractivity contribution in [2.75, 3.05) is 0 Å². The molecule has 0 heteroatoms. The smallest absolute Gasteiger partial charge is 0.00139 e. The molecule has 9 rings (SSSR count). The molecule has 0 unspecified atom stereocenters. The lowest BCUT2D eigenvalue weighted by Gasteiger charge is -2.20. The van der Waals surface area contributed by atoms with Gasteiger partial charge in [0.1, 0.15) is 0 Å². The van der Waals surface area contributed by atoms with E-state index in [1.54, 1.807) is 0 Å². The first-order chi connectivity index (χ1) is 20.8. The molecule has 0 aromatic heterocycles. The molecular formula is C42H26. The first-order valence-electron chi connectivity index (χ1n) is 14.6. The van der Waals surface area contributed by atoms with Crippen LogP contribution in [0.2, 0.25) is 0 Å². The van der Waals surface area contributed by atoms with Gasteiger partial charge in [0.2, 0.25) is 0 Å². The largest absolute Gasteiger partial charge is 0.0616 e. The minimum absolute atomic E-state index is 1.25. The third kappa shape index (κ3) is 3.36. The van der Waals surface area contributed by atoms with Crippen molar-refractivity contribution in [3.05, 3.63) is 158 Å². The van der Waals surface area contributed by atoms with Crippen LogP contribution in [-0.2, 0) is 0 Å². The van der Waals surface area contributed by atoms with Crippen molar-refractivity contribution in [3.8, 4) is 22.3 Å². The maximum atomic E-state index is 2.38. The number of benzene rings is 9. The Morgan fingerprint density at radius 1 is 0.262 bits per heavy atom. The number of rotatable bonds is 2. The third-order valence-corrected chi connectivity index (χ3v) is 9.01. The predicted octanol–water partition coefficient (Wildman–Crippen LogP) is 11.9. The zero-order valence-corrected chi connectivity index (χ0v) is 23.0. The van der Waals surface area contributed by atoms with E-state index in [1.807, 2.05) is 0 Å². The van der Waals surface area contributed by atoms with Gasteiger partial charge in [-0.2, -0.15) is 0 Å². The van der Waals surface area contributed by atoms with E-state index < -0.39 is 0 Å². The SMILES string of the molecule is c1ccc2c(-c3c4ccccc4c(-c4ccc5c(ccc6ccccc65)c4)c4ccc5ccccc5c34)cccc2c1. The lowest BCUT2D eigenvalue weighted by atomic mass is 9.82. The summed E-state index contributed by atoms with van der Waals surface area (Å²) < 4.78 is 0. The first kappa shape index (κ1) is 23.3. The zero-order chi connectivity index (χ0) is 27.6. The highest BCUT2D eigenvalue weighted by atomic mass is 14.2. The van der Waals surface area contributed by atoms with Crippen LogP contribution in [0, 0.1) is 0 Å². The molecule has 194 valence electrons. The first-order valence-corrected chi connectivity index (χ1v) is 14.6. The molecule has 0 aliphatic carbocycles. The van der Waals surface area contributed by atoms with Gasteiger partial charge in [0.25, 0.3) is 0 Å². The Kier molecular flexibility index (Phi) is 5.00. The fraction of sp³-hybridized carbons (Fsp3) is 0. The van der Waals surface area contributed by atoms with Crippen molar-refractivity contribution < 1.29 is 0 Å². The molecule has 0 saturated heterocycles. The van der Waals surface area contributed by atoms with Crippen LogP contribution in [0.15, 0.2) is 158 Å². The van der Waals surface area contributed by atoms with E-state index in [-0.39, 0.29) is 0 Å². The minimum atomic E-state index is 1.25. The van der Waals surface area contributed by atoms with Gasteiger partial charge >= 0.3 is 0 Å². The average Bonchev–Trinajstić information content (AvgIpc) is 3.06. The summed E-state index contributed by atoms with van der Waals surface area (Å²) in [7, 11) is 0. The molecule has 42 heavy (non-hydrogen) atoms. The van der Waals surface area contributed by atoms with Gasteiger partial charge in [0.15, 0.2) is 0 Å². The van der Waals surface area contributed by atoms with Gasteiger partial charge in [-0.05, 0) is 93.0 Å². The van der Waals surface area contributed by atoms with Crippen LogP contribution in [0.1, 0.15) is 0 Å². The summed E-state index contributed by atoms with van der Waals surface area (Å²) in [5.41, 5.74) is 5.14. The molecule has 9 aromatic carbocycles. The molecular weight excluding hydrogens is 504 g/mol. The van der Waals surface area contributed by atoms with Crippen LogP contribution < -0.4 is 0 Å². The molecule has 0 heterocycles. The Morgan fingerprint density at radius 3 is 1.55 bits per heavy atom. The number of hydrogen-bond donors (Lipinski definition) is 0. The highest BCUT2D eigenvalue weighted by Crippen LogP contribution is 2.47. The number of fused-ring (bicyclic) bond motifs is 8. The molecule has 0 bridgehead atoms. The summed E-state index contributed by atoms with van der Waals surface area (Å²) in [6.45, 7) is 0. The van der Waals surface area contributed by atoms with Gasteiger partial charge in [-0.25, -0.2) is 0 Å². The Bertz CT molecular complexity index is 2510.